The zero-order valence-corrected chi connectivity index (χ0v) is 13.1. The molecule has 114 valence electrons. The number of aromatic nitrogens is 1. The van der Waals surface area contributed by atoms with Gasteiger partial charge >= 0.3 is 0 Å². The van der Waals surface area contributed by atoms with Crippen LogP contribution in [0.15, 0.2) is 47.5 Å². The van der Waals surface area contributed by atoms with Gasteiger partial charge in [-0.1, -0.05) is 26.0 Å². The van der Waals surface area contributed by atoms with Crippen LogP contribution in [0, 0.1) is 11.6 Å². The van der Waals surface area contributed by atoms with Gasteiger partial charge in [0.15, 0.2) is 11.6 Å². The third-order valence-corrected chi connectivity index (χ3v) is 4.38. The molecule has 3 rings (SSSR count). The number of anilines is 1. The Morgan fingerprint density at radius 2 is 1.73 bits per heavy atom. The summed E-state index contributed by atoms with van der Waals surface area (Å²) in [5.74, 6) is -1.20. The molecule has 0 spiro atoms. The Kier molecular flexibility index (Phi) is 4.07. The van der Waals surface area contributed by atoms with Crippen LogP contribution in [0.3, 0.4) is 0 Å². The largest absolute Gasteiger partial charge is 0.359 e. The second-order valence-electron chi connectivity index (χ2n) is 5.44. The molecular formula is C17H16F2N2S. The third-order valence-electron chi connectivity index (χ3n) is 3.55. The topological polar surface area (TPSA) is 27.8 Å². The van der Waals surface area contributed by atoms with Gasteiger partial charge in [-0.05, 0) is 41.6 Å². The minimum atomic E-state index is -0.849. The molecule has 0 aliphatic heterocycles. The highest BCUT2D eigenvalue weighted by Crippen LogP contribution is 2.30. The van der Waals surface area contributed by atoms with Crippen LogP contribution in [0.5, 0.6) is 0 Å². The van der Waals surface area contributed by atoms with Gasteiger partial charge in [-0.2, -0.15) is 0 Å². The molecule has 0 bridgehead atoms. The van der Waals surface area contributed by atoms with Crippen LogP contribution >= 0.6 is 11.9 Å². The summed E-state index contributed by atoms with van der Waals surface area (Å²) >= 11 is 1.44. The number of benzene rings is 2. The van der Waals surface area contributed by atoms with Gasteiger partial charge in [0.1, 0.15) is 0 Å². The Morgan fingerprint density at radius 1 is 1.05 bits per heavy atom. The first-order valence-corrected chi connectivity index (χ1v) is 7.85. The molecule has 2 aromatic carbocycles. The van der Waals surface area contributed by atoms with Crippen LogP contribution < -0.4 is 4.72 Å². The fourth-order valence-electron chi connectivity index (χ4n) is 2.24. The van der Waals surface area contributed by atoms with E-state index in [-0.39, 0.29) is 0 Å². The van der Waals surface area contributed by atoms with E-state index in [0.717, 1.165) is 16.6 Å². The van der Waals surface area contributed by atoms with Gasteiger partial charge in [-0.3, -0.25) is 0 Å². The minimum absolute atomic E-state index is 0.499. The lowest BCUT2D eigenvalue weighted by atomic mass is 10.0. The molecule has 5 heteroatoms. The zero-order valence-electron chi connectivity index (χ0n) is 12.3. The Balaban J connectivity index is 1.77. The first kappa shape index (κ1) is 14.9. The van der Waals surface area contributed by atoms with Gasteiger partial charge in [-0.15, -0.1) is 0 Å². The number of hydrogen-bond donors (Lipinski definition) is 2. The van der Waals surface area contributed by atoms with Crippen molar-refractivity contribution in [1.29, 1.82) is 0 Å². The molecule has 0 fully saturated rings. The monoisotopic (exact) mass is 318 g/mol. The van der Waals surface area contributed by atoms with Crippen molar-refractivity contribution in [2.75, 3.05) is 4.72 Å². The number of H-pyrrole nitrogens is 1. The summed E-state index contributed by atoms with van der Waals surface area (Å²) in [4.78, 5) is 3.99. The predicted octanol–water partition coefficient (Wildman–Crippen LogP) is 5.69. The summed E-state index contributed by atoms with van der Waals surface area (Å²) in [5.41, 5.74) is 2.58. The molecule has 2 N–H and O–H groups in total. The van der Waals surface area contributed by atoms with Crippen LogP contribution in [-0.4, -0.2) is 4.98 Å². The van der Waals surface area contributed by atoms with E-state index < -0.39 is 11.6 Å². The first-order chi connectivity index (χ1) is 10.5. The molecule has 1 heterocycles. The fourth-order valence-corrected chi connectivity index (χ4v) is 2.90. The summed E-state index contributed by atoms with van der Waals surface area (Å²) in [7, 11) is 0. The highest BCUT2D eigenvalue weighted by atomic mass is 32.2. The van der Waals surface area contributed by atoms with E-state index in [2.05, 4.69) is 35.7 Å². The second kappa shape index (κ2) is 6.01. The van der Waals surface area contributed by atoms with Crippen LogP contribution in [0.25, 0.3) is 10.9 Å². The van der Waals surface area contributed by atoms with Crippen LogP contribution in [0.1, 0.15) is 25.3 Å². The standard InChI is InChI=1S/C17H16F2N2S/c1-10(2)11-3-5-12(6-4-11)22-21-17-9-20-16-8-15(19)14(18)7-13(16)17/h3-10,20-21H,1-2H3. The molecule has 22 heavy (non-hydrogen) atoms. The second-order valence-corrected chi connectivity index (χ2v) is 6.32. The average Bonchev–Trinajstić information content (AvgIpc) is 2.88. The normalized spacial score (nSPS) is 11.3. The van der Waals surface area contributed by atoms with E-state index in [0.29, 0.717) is 16.8 Å². The minimum Gasteiger partial charge on any atom is -0.359 e. The molecule has 0 atom stereocenters. The lowest BCUT2D eigenvalue weighted by Crippen LogP contribution is -1.89. The molecule has 0 radical (unpaired) electrons. The highest BCUT2D eigenvalue weighted by Gasteiger charge is 2.09. The van der Waals surface area contributed by atoms with Crippen LogP contribution in [-0.2, 0) is 0 Å². The van der Waals surface area contributed by atoms with E-state index >= 15 is 0 Å². The third kappa shape index (κ3) is 2.95. The highest BCUT2D eigenvalue weighted by molar-refractivity contribution is 8.00. The molecule has 0 aliphatic rings. The lowest BCUT2D eigenvalue weighted by molar-refractivity contribution is 0.511. The molecule has 0 saturated carbocycles. The van der Waals surface area contributed by atoms with Crippen molar-refractivity contribution in [3.8, 4) is 0 Å². The number of rotatable bonds is 4. The molecule has 0 amide bonds. The Labute approximate surface area is 132 Å². The van der Waals surface area contributed by atoms with E-state index in [1.54, 1.807) is 6.20 Å². The van der Waals surface area contributed by atoms with Crippen LogP contribution in [0.2, 0.25) is 0 Å². The predicted molar refractivity (Wildman–Crippen MR) is 88.2 cm³/mol. The van der Waals surface area contributed by atoms with Crippen molar-refractivity contribution in [2.24, 2.45) is 0 Å². The summed E-state index contributed by atoms with van der Waals surface area (Å²) in [6.07, 6.45) is 1.71. The molecule has 0 saturated heterocycles. The van der Waals surface area contributed by atoms with E-state index in [1.807, 2.05) is 12.1 Å². The summed E-state index contributed by atoms with van der Waals surface area (Å²) < 4.78 is 29.7. The summed E-state index contributed by atoms with van der Waals surface area (Å²) in [5, 5.41) is 0.630. The maximum absolute atomic E-state index is 13.4. The smallest absolute Gasteiger partial charge is 0.160 e. The van der Waals surface area contributed by atoms with Crippen molar-refractivity contribution < 1.29 is 8.78 Å². The van der Waals surface area contributed by atoms with Gasteiger partial charge in [0.05, 0.1) is 11.2 Å². The van der Waals surface area contributed by atoms with E-state index in [1.165, 1.54) is 23.6 Å². The number of halogens is 2. The van der Waals surface area contributed by atoms with Crippen molar-refractivity contribution in [3.05, 3.63) is 59.8 Å². The van der Waals surface area contributed by atoms with Gasteiger partial charge in [0.2, 0.25) is 0 Å². The number of hydrogen-bond acceptors (Lipinski definition) is 2. The quantitative estimate of drug-likeness (QED) is 0.605. The Bertz CT molecular complexity index is 794. The van der Waals surface area contributed by atoms with Crippen molar-refractivity contribution in [2.45, 2.75) is 24.7 Å². The number of fused-ring (bicyclic) bond motifs is 1. The number of nitrogens with one attached hydrogen (secondary N) is 2. The fraction of sp³-hybridized carbons (Fsp3) is 0.176. The molecule has 2 nitrogen and oxygen atoms in total. The van der Waals surface area contributed by atoms with Crippen molar-refractivity contribution >= 4 is 28.5 Å². The maximum atomic E-state index is 13.4. The van der Waals surface area contributed by atoms with Crippen LogP contribution in [0.4, 0.5) is 14.5 Å². The SMILES string of the molecule is CC(C)c1ccc(SNc2c[nH]c3cc(F)c(F)cc23)cc1. The van der Waals surface area contributed by atoms with Gasteiger partial charge in [-0.25, -0.2) is 8.78 Å². The zero-order chi connectivity index (χ0) is 15.7. The molecule has 0 aliphatic carbocycles. The summed E-state index contributed by atoms with van der Waals surface area (Å²) in [6.45, 7) is 4.31. The van der Waals surface area contributed by atoms with Crippen molar-refractivity contribution in [1.82, 2.24) is 4.98 Å². The van der Waals surface area contributed by atoms with Gasteiger partial charge in [0, 0.05) is 22.5 Å². The Morgan fingerprint density at radius 3 is 2.41 bits per heavy atom. The average molecular weight is 318 g/mol. The molecule has 1 aromatic heterocycles. The first-order valence-electron chi connectivity index (χ1n) is 7.03. The van der Waals surface area contributed by atoms with E-state index in [9.17, 15) is 8.78 Å². The maximum Gasteiger partial charge on any atom is 0.160 e. The number of aromatic amines is 1. The van der Waals surface area contributed by atoms with Gasteiger partial charge in [0.25, 0.3) is 0 Å². The van der Waals surface area contributed by atoms with E-state index in [4.69, 9.17) is 0 Å². The van der Waals surface area contributed by atoms with Gasteiger partial charge < -0.3 is 9.71 Å². The van der Waals surface area contributed by atoms with Crippen molar-refractivity contribution in [3.63, 3.8) is 0 Å². The Hall–Kier alpha value is -2.01. The molecule has 3 aromatic rings. The lowest BCUT2D eigenvalue weighted by Gasteiger charge is -2.07. The summed E-state index contributed by atoms with van der Waals surface area (Å²) in [6, 6.07) is 10.6. The molecular weight excluding hydrogens is 302 g/mol. The molecule has 0 unspecified atom stereocenters.